The number of anilines is 2. The lowest BCUT2D eigenvalue weighted by atomic mass is 9.92. The maximum atomic E-state index is 13.1. The molecule has 2 aromatic carbocycles. The molecule has 1 amide bonds. The van der Waals surface area contributed by atoms with Crippen molar-refractivity contribution in [3.8, 4) is 5.75 Å². The third-order valence-corrected chi connectivity index (χ3v) is 5.94. The van der Waals surface area contributed by atoms with Crippen molar-refractivity contribution in [1.29, 1.82) is 0 Å². The summed E-state index contributed by atoms with van der Waals surface area (Å²) in [6, 6.07) is 14.1. The van der Waals surface area contributed by atoms with E-state index >= 15 is 0 Å². The first kappa shape index (κ1) is 21.2. The molecule has 2 aromatic rings. The van der Waals surface area contributed by atoms with Crippen molar-refractivity contribution in [1.82, 2.24) is 0 Å². The molecule has 0 aliphatic carbocycles. The van der Waals surface area contributed by atoms with Gasteiger partial charge in [0.05, 0.1) is 22.5 Å². The summed E-state index contributed by atoms with van der Waals surface area (Å²) in [5, 5.41) is 0. The van der Waals surface area contributed by atoms with E-state index in [4.69, 9.17) is 4.74 Å². The normalized spacial score (nSPS) is 16.2. The molecule has 29 heavy (non-hydrogen) atoms. The van der Waals surface area contributed by atoms with Crippen LogP contribution in [0, 0.1) is 11.3 Å². The SMILES string of the molecule is CC(C)CN1C(=O)C(C)(C)COc2ccc(NS(=O)(=O)Cc3ccccc3)cc21. The highest BCUT2D eigenvalue weighted by molar-refractivity contribution is 7.91. The molecule has 7 heteroatoms. The Labute approximate surface area is 172 Å². The number of benzene rings is 2. The van der Waals surface area contributed by atoms with E-state index in [1.807, 2.05) is 45.9 Å². The third-order valence-electron chi connectivity index (χ3n) is 4.68. The van der Waals surface area contributed by atoms with Crippen LogP contribution in [0.3, 0.4) is 0 Å². The van der Waals surface area contributed by atoms with Crippen LogP contribution >= 0.6 is 0 Å². The molecule has 0 fully saturated rings. The first-order valence-electron chi connectivity index (χ1n) is 9.71. The second-order valence-corrected chi connectivity index (χ2v) is 10.2. The van der Waals surface area contributed by atoms with Gasteiger partial charge in [-0.3, -0.25) is 9.52 Å². The van der Waals surface area contributed by atoms with Gasteiger partial charge in [0.1, 0.15) is 12.4 Å². The first-order valence-corrected chi connectivity index (χ1v) is 11.4. The van der Waals surface area contributed by atoms with Crippen molar-refractivity contribution in [2.24, 2.45) is 11.3 Å². The Morgan fingerprint density at radius 3 is 2.48 bits per heavy atom. The van der Waals surface area contributed by atoms with Crippen molar-refractivity contribution in [3.63, 3.8) is 0 Å². The topological polar surface area (TPSA) is 75.7 Å². The lowest BCUT2D eigenvalue weighted by Crippen LogP contribution is -2.43. The Balaban J connectivity index is 1.92. The van der Waals surface area contributed by atoms with E-state index in [-0.39, 0.29) is 24.2 Å². The average Bonchev–Trinajstić information content (AvgIpc) is 2.72. The fourth-order valence-electron chi connectivity index (χ4n) is 3.26. The van der Waals surface area contributed by atoms with E-state index in [1.165, 1.54) is 0 Å². The second kappa shape index (κ2) is 8.06. The minimum atomic E-state index is -3.59. The number of fused-ring (bicyclic) bond motifs is 1. The lowest BCUT2D eigenvalue weighted by molar-refractivity contribution is -0.127. The van der Waals surface area contributed by atoms with Crippen LogP contribution in [0.1, 0.15) is 33.3 Å². The molecule has 0 atom stereocenters. The number of sulfonamides is 1. The predicted octanol–water partition coefficient (Wildman–Crippen LogP) is 4.04. The van der Waals surface area contributed by atoms with Crippen LogP contribution in [0.25, 0.3) is 0 Å². The number of carbonyl (C=O) groups excluding carboxylic acids is 1. The maximum Gasteiger partial charge on any atom is 0.236 e. The molecule has 6 nitrogen and oxygen atoms in total. The Kier molecular flexibility index (Phi) is 5.89. The fraction of sp³-hybridized carbons (Fsp3) is 0.409. The zero-order chi connectivity index (χ0) is 21.2. The molecule has 0 bridgehead atoms. The lowest BCUT2D eigenvalue weighted by Gasteiger charge is -2.29. The van der Waals surface area contributed by atoms with Crippen molar-refractivity contribution in [2.45, 2.75) is 33.4 Å². The zero-order valence-corrected chi connectivity index (χ0v) is 18.1. The number of ether oxygens (including phenoxy) is 1. The molecule has 0 radical (unpaired) electrons. The summed E-state index contributed by atoms with van der Waals surface area (Å²) in [4.78, 5) is 14.8. The van der Waals surface area contributed by atoms with E-state index in [2.05, 4.69) is 4.72 Å². The highest BCUT2D eigenvalue weighted by Crippen LogP contribution is 2.38. The average molecular weight is 417 g/mol. The van der Waals surface area contributed by atoms with E-state index in [9.17, 15) is 13.2 Å². The summed E-state index contributed by atoms with van der Waals surface area (Å²) in [5.41, 5.74) is 1.04. The molecule has 0 spiro atoms. The molecule has 156 valence electrons. The molecule has 0 saturated heterocycles. The molecular weight excluding hydrogens is 388 g/mol. The van der Waals surface area contributed by atoms with Gasteiger partial charge in [0.2, 0.25) is 15.9 Å². The van der Waals surface area contributed by atoms with Crippen LogP contribution in [-0.2, 0) is 20.6 Å². The van der Waals surface area contributed by atoms with Gasteiger partial charge < -0.3 is 9.64 Å². The van der Waals surface area contributed by atoms with Crippen molar-refractivity contribution in [3.05, 3.63) is 54.1 Å². The Morgan fingerprint density at radius 2 is 1.83 bits per heavy atom. The Hall–Kier alpha value is -2.54. The summed E-state index contributed by atoms with van der Waals surface area (Å²) in [7, 11) is -3.59. The molecule has 0 unspecified atom stereocenters. The number of hydrogen-bond donors (Lipinski definition) is 1. The maximum absolute atomic E-state index is 13.1. The number of nitrogens with zero attached hydrogens (tertiary/aromatic N) is 1. The second-order valence-electron chi connectivity index (χ2n) is 8.51. The standard InChI is InChI=1S/C22H28N2O4S/c1-16(2)13-24-19-12-18(10-11-20(19)28-15-22(3,4)21(24)25)23-29(26,27)14-17-8-6-5-7-9-17/h5-12,16,23H,13-15H2,1-4H3. The zero-order valence-electron chi connectivity index (χ0n) is 17.3. The molecular formula is C22H28N2O4S. The number of hydrogen-bond acceptors (Lipinski definition) is 4. The van der Waals surface area contributed by atoms with Crippen molar-refractivity contribution < 1.29 is 17.9 Å². The van der Waals surface area contributed by atoms with Crippen LogP contribution in [0.5, 0.6) is 5.75 Å². The van der Waals surface area contributed by atoms with Gasteiger partial charge >= 0.3 is 0 Å². The summed E-state index contributed by atoms with van der Waals surface area (Å²) < 4.78 is 33.7. The number of rotatable bonds is 6. The van der Waals surface area contributed by atoms with E-state index in [1.54, 1.807) is 35.2 Å². The smallest absolute Gasteiger partial charge is 0.236 e. The van der Waals surface area contributed by atoms with Crippen LogP contribution in [-0.4, -0.2) is 27.5 Å². The molecule has 0 saturated carbocycles. The highest BCUT2D eigenvalue weighted by Gasteiger charge is 2.38. The van der Waals surface area contributed by atoms with Crippen LogP contribution in [0.15, 0.2) is 48.5 Å². The summed E-state index contributed by atoms with van der Waals surface area (Å²) >= 11 is 0. The fourth-order valence-corrected chi connectivity index (χ4v) is 4.45. The van der Waals surface area contributed by atoms with Crippen molar-refractivity contribution >= 4 is 27.3 Å². The van der Waals surface area contributed by atoms with Crippen LogP contribution < -0.4 is 14.4 Å². The Morgan fingerprint density at radius 1 is 1.14 bits per heavy atom. The molecule has 1 N–H and O–H groups in total. The van der Waals surface area contributed by atoms with E-state index in [0.717, 1.165) is 0 Å². The quantitative estimate of drug-likeness (QED) is 0.771. The first-order chi connectivity index (χ1) is 13.6. The summed E-state index contributed by atoms with van der Waals surface area (Å²) in [6.45, 7) is 8.59. The molecule has 1 aliphatic heterocycles. The molecule has 3 rings (SSSR count). The monoisotopic (exact) mass is 416 g/mol. The largest absolute Gasteiger partial charge is 0.490 e. The third kappa shape index (κ3) is 5.09. The summed E-state index contributed by atoms with van der Waals surface area (Å²) in [5.74, 6) is 0.673. The Bertz CT molecular complexity index is 985. The number of carbonyl (C=O) groups is 1. The van der Waals surface area contributed by atoms with Crippen LogP contribution in [0.4, 0.5) is 11.4 Å². The van der Waals surface area contributed by atoms with Gasteiger partial charge in [0.15, 0.2) is 0 Å². The predicted molar refractivity (Wildman–Crippen MR) is 116 cm³/mol. The molecule has 1 heterocycles. The highest BCUT2D eigenvalue weighted by atomic mass is 32.2. The van der Waals surface area contributed by atoms with Crippen molar-refractivity contribution in [2.75, 3.05) is 22.8 Å². The minimum Gasteiger partial charge on any atom is -0.490 e. The minimum absolute atomic E-state index is 0.0331. The van der Waals surface area contributed by atoms with Gasteiger partial charge in [-0.25, -0.2) is 8.42 Å². The van der Waals surface area contributed by atoms with Gasteiger partial charge in [-0.2, -0.15) is 0 Å². The molecule has 0 aromatic heterocycles. The molecule has 1 aliphatic rings. The van der Waals surface area contributed by atoms with Gasteiger partial charge in [-0.15, -0.1) is 0 Å². The van der Waals surface area contributed by atoms with E-state index < -0.39 is 15.4 Å². The van der Waals surface area contributed by atoms with Crippen LogP contribution in [0.2, 0.25) is 0 Å². The van der Waals surface area contributed by atoms with Gasteiger partial charge in [-0.05, 0) is 43.5 Å². The van der Waals surface area contributed by atoms with Gasteiger partial charge in [0.25, 0.3) is 0 Å². The van der Waals surface area contributed by atoms with Gasteiger partial charge in [-0.1, -0.05) is 44.2 Å². The summed E-state index contributed by atoms with van der Waals surface area (Å²) in [6.07, 6.45) is 0. The number of amides is 1. The van der Waals surface area contributed by atoms with Gasteiger partial charge in [0, 0.05) is 6.54 Å². The number of nitrogens with one attached hydrogen (secondary N) is 1. The van der Waals surface area contributed by atoms with E-state index in [0.29, 0.717) is 29.2 Å².